The van der Waals surface area contributed by atoms with Crippen LogP contribution < -0.4 is 0 Å². The van der Waals surface area contributed by atoms with Crippen molar-refractivity contribution < 1.29 is 4.39 Å². The Morgan fingerprint density at radius 2 is 1.47 bits per heavy atom. The molecule has 0 heterocycles. The summed E-state index contributed by atoms with van der Waals surface area (Å²) in [6, 6.07) is 16.6. The van der Waals surface area contributed by atoms with Gasteiger partial charge in [-0.25, -0.2) is 4.39 Å². The van der Waals surface area contributed by atoms with E-state index in [9.17, 15) is 0 Å². The number of alkyl halides is 1. The van der Waals surface area contributed by atoms with Gasteiger partial charge in [0, 0.05) is 16.9 Å². The van der Waals surface area contributed by atoms with Gasteiger partial charge in [0.2, 0.25) is 0 Å². The van der Waals surface area contributed by atoms with Crippen molar-refractivity contribution in [1.82, 2.24) is 0 Å². The van der Waals surface area contributed by atoms with Gasteiger partial charge >= 0.3 is 0 Å². The number of rotatable bonds is 7. The van der Waals surface area contributed by atoms with E-state index >= 15 is 4.39 Å². The molecule has 174 valence electrons. The molecule has 0 amide bonds. The molecule has 2 fully saturated rings. The third-order valence-electron chi connectivity index (χ3n) is 8.64. The molecular weight excluding hydrogens is 415 g/mol. The van der Waals surface area contributed by atoms with Gasteiger partial charge in [0.15, 0.2) is 0 Å². The fraction of sp³-hybridized carbons (Fsp3) is 0.600. The second-order valence-corrected chi connectivity index (χ2v) is 11.0. The summed E-state index contributed by atoms with van der Waals surface area (Å²) in [6.07, 6.45) is 11.7. The summed E-state index contributed by atoms with van der Waals surface area (Å²) in [5.74, 6) is 2.72. The van der Waals surface area contributed by atoms with Gasteiger partial charge in [0.25, 0.3) is 0 Å². The van der Waals surface area contributed by atoms with Gasteiger partial charge < -0.3 is 0 Å². The quantitative estimate of drug-likeness (QED) is 0.390. The highest BCUT2D eigenvalue weighted by atomic mass is 35.5. The van der Waals surface area contributed by atoms with Crippen LogP contribution in [0.3, 0.4) is 0 Å². The predicted molar refractivity (Wildman–Crippen MR) is 135 cm³/mol. The molecule has 0 N–H and O–H groups in total. The standard InChI is InChI=1S/C30H40ClF/c1-3-22-8-10-23(11-9-22)12-13-24-14-19-29(30(32)20-24)28-7-5-4-6-27(28)21(2)25-15-17-26(31)18-16-25/h4-7,15-18,21-24,29-30H,3,8-14,19-20H2,1-2H3. The molecule has 2 heteroatoms. The van der Waals surface area contributed by atoms with Crippen LogP contribution in [0.4, 0.5) is 4.39 Å². The van der Waals surface area contributed by atoms with E-state index in [4.69, 9.17) is 11.6 Å². The van der Waals surface area contributed by atoms with Crippen molar-refractivity contribution in [2.24, 2.45) is 17.8 Å². The van der Waals surface area contributed by atoms with E-state index in [-0.39, 0.29) is 11.8 Å². The van der Waals surface area contributed by atoms with E-state index in [2.05, 4.69) is 50.2 Å². The molecule has 4 atom stereocenters. The first kappa shape index (κ1) is 23.8. The Labute approximate surface area is 200 Å². The zero-order chi connectivity index (χ0) is 22.5. The lowest BCUT2D eigenvalue weighted by Gasteiger charge is -2.35. The molecule has 0 saturated heterocycles. The molecule has 0 spiro atoms. The van der Waals surface area contributed by atoms with Gasteiger partial charge in [-0.1, -0.05) is 107 Å². The van der Waals surface area contributed by atoms with E-state index < -0.39 is 6.17 Å². The first-order chi connectivity index (χ1) is 15.5. The molecule has 0 bridgehead atoms. The number of halogens is 2. The number of benzene rings is 2. The summed E-state index contributed by atoms with van der Waals surface area (Å²) in [6.45, 7) is 4.56. The molecule has 32 heavy (non-hydrogen) atoms. The van der Waals surface area contributed by atoms with Crippen LogP contribution in [0.25, 0.3) is 0 Å². The average Bonchev–Trinajstić information content (AvgIpc) is 2.83. The van der Waals surface area contributed by atoms with Gasteiger partial charge in [0.05, 0.1) is 0 Å². The molecule has 0 aliphatic heterocycles. The van der Waals surface area contributed by atoms with Crippen molar-refractivity contribution in [3.8, 4) is 0 Å². The lowest BCUT2D eigenvalue weighted by atomic mass is 9.72. The van der Waals surface area contributed by atoms with Crippen LogP contribution in [-0.2, 0) is 0 Å². The van der Waals surface area contributed by atoms with Crippen LogP contribution >= 0.6 is 11.6 Å². The van der Waals surface area contributed by atoms with Gasteiger partial charge in [0.1, 0.15) is 6.17 Å². The molecule has 2 aromatic carbocycles. The minimum atomic E-state index is -0.719. The zero-order valence-electron chi connectivity index (χ0n) is 19.9. The average molecular weight is 455 g/mol. The summed E-state index contributed by atoms with van der Waals surface area (Å²) in [5.41, 5.74) is 3.73. The maximum absolute atomic E-state index is 15.5. The zero-order valence-corrected chi connectivity index (χ0v) is 20.7. The van der Waals surface area contributed by atoms with Crippen molar-refractivity contribution >= 4 is 11.6 Å². The Morgan fingerprint density at radius 1 is 0.844 bits per heavy atom. The molecular formula is C30H40ClF. The van der Waals surface area contributed by atoms with Crippen LogP contribution in [0.1, 0.15) is 107 Å². The minimum Gasteiger partial charge on any atom is -0.247 e. The summed E-state index contributed by atoms with van der Waals surface area (Å²) >= 11 is 6.09. The second-order valence-electron chi connectivity index (χ2n) is 10.6. The summed E-state index contributed by atoms with van der Waals surface area (Å²) < 4.78 is 15.5. The van der Waals surface area contributed by atoms with Crippen molar-refractivity contribution in [1.29, 1.82) is 0 Å². The topological polar surface area (TPSA) is 0 Å². The smallest absolute Gasteiger partial charge is 0.107 e. The van der Waals surface area contributed by atoms with Gasteiger partial charge in [-0.2, -0.15) is 0 Å². The fourth-order valence-electron chi connectivity index (χ4n) is 6.38. The Morgan fingerprint density at radius 3 is 2.16 bits per heavy atom. The van der Waals surface area contributed by atoms with Crippen molar-refractivity contribution in [2.45, 2.75) is 96.1 Å². The van der Waals surface area contributed by atoms with Crippen molar-refractivity contribution in [3.05, 3.63) is 70.2 Å². The molecule has 4 unspecified atom stereocenters. The van der Waals surface area contributed by atoms with E-state index in [0.717, 1.165) is 29.7 Å². The summed E-state index contributed by atoms with van der Waals surface area (Å²) in [5, 5.41) is 0.759. The van der Waals surface area contributed by atoms with Crippen LogP contribution in [0.5, 0.6) is 0 Å². The lowest BCUT2D eigenvalue weighted by molar-refractivity contribution is 0.152. The second kappa shape index (κ2) is 11.2. The van der Waals surface area contributed by atoms with Gasteiger partial charge in [-0.3, -0.25) is 0 Å². The molecule has 4 rings (SSSR count). The Balaban J connectivity index is 1.36. The number of hydrogen-bond acceptors (Lipinski definition) is 0. The SMILES string of the molecule is CCC1CCC(CCC2CCC(c3ccccc3C(C)c3ccc(Cl)cc3)C(F)C2)CC1. The maximum atomic E-state index is 15.5. The highest BCUT2D eigenvalue weighted by molar-refractivity contribution is 6.30. The molecule has 0 nitrogen and oxygen atoms in total. The third kappa shape index (κ3) is 5.77. The number of hydrogen-bond donors (Lipinski definition) is 0. The molecule has 0 radical (unpaired) electrons. The first-order valence-electron chi connectivity index (χ1n) is 13.0. The Hall–Kier alpha value is -1.34. The van der Waals surface area contributed by atoms with Gasteiger partial charge in [-0.15, -0.1) is 0 Å². The molecule has 0 aromatic heterocycles. The van der Waals surface area contributed by atoms with Gasteiger partial charge in [-0.05, 0) is 65.8 Å². The summed E-state index contributed by atoms with van der Waals surface area (Å²) in [4.78, 5) is 0. The van der Waals surface area contributed by atoms with Crippen LogP contribution in [0, 0.1) is 17.8 Å². The Kier molecular flexibility index (Phi) is 8.32. The maximum Gasteiger partial charge on any atom is 0.107 e. The van der Waals surface area contributed by atoms with E-state index in [1.54, 1.807) is 0 Å². The van der Waals surface area contributed by atoms with E-state index in [0.29, 0.717) is 5.92 Å². The van der Waals surface area contributed by atoms with Crippen molar-refractivity contribution in [2.75, 3.05) is 0 Å². The summed E-state index contributed by atoms with van der Waals surface area (Å²) in [7, 11) is 0. The van der Waals surface area contributed by atoms with Crippen LogP contribution in [-0.4, -0.2) is 6.17 Å². The molecule has 2 aromatic rings. The van der Waals surface area contributed by atoms with E-state index in [1.807, 2.05) is 12.1 Å². The minimum absolute atomic E-state index is 0.0391. The first-order valence-corrected chi connectivity index (χ1v) is 13.4. The lowest BCUT2D eigenvalue weighted by Crippen LogP contribution is -2.26. The van der Waals surface area contributed by atoms with Crippen LogP contribution in [0.15, 0.2) is 48.5 Å². The largest absolute Gasteiger partial charge is 0.247 e. The van der Waals surface area contributed by atoms with Crippen LogP contribution in [0.2, 0.25) is 5.02 Å². The molecule has 2 aliphatic rings. The highest BCUT2D eigenvalue weighted by Gasteiger charge is 2.33. The predicted octanol–water partition coefficient (Wildman–Crippen LogP) is 9.71. The molecule has 2 aliphatic carbocycles. The monoisotopic (exact) mass is 454 g/mol. The fourth-order valence-corrected chi connectivity index (χ4v) is 6.51. The van der Waals surface area contributed by atoms with Crippen molar-refractivity contribution in [3.63, 3.8) is 0 Å². The Bertz CT molecular complexity index is 836. The normalized spacial score (nSPS) is 29.6. The van der Waals surface area contributed by atoms with E-state index in [1.165, 1.54) is 68.1 Å². The third-order valence-corrected chi connectivity index (χ3v) is 8.89. The molecule has 2 saturated carbocycles. The highest BCUT2D eigenvalue weighted by Crippen LogP contribution is 2.44.